The Morgan fingerprint density at radius 1 is 0.939 bits per heavy atom. The Bertz CT molecular complexity index is 973. The monoisotopic (exact) mass is 548 g/mol. The van der Waals surface area contributed by atoms with Crippen LogP contribution >= 0.6 is 58.2 Å². The van der Waals surface area contributed by atoms with Crippen LogP contribution in [0.15, 0.2) is 36.4 Å². The van der Waals surface area contributed by atoms with Gasteiger partial charge in [0.15, 0.2) is 0 Å². The van der Waals surface area contributed by atoms with Crippen molar-refractivity contribution in [2.24, 2.45) is 0 Å². The third-order valence-corrected chi connectivity index (χ3v) is 7.38. The van der Waals surface area contributed by atoms with Crippen molar-refractivity contribution in [2.45, 2.75) is 58.0 Å². The van der Waals surface area contributed by atoms with Gasteiger partial charge in [0, 0.05) is 38.4 Å². The van der Waals surface area contributed by atoms with Crippen molar-refractivity contribution in [3.8, 4) is 0 Å². The molecule has 0 bridgehead atoms. The van der Waals surface area contributed by atoms with E-state index in [9.17, 15) is 9.59 Å². The zero-order valence-electron chi connectivity index (χ0n) is 18.8. The molecule has 0 fully saturated rings. The summed E-state index contributed by atoms with van der Waals surface area (Å²) in [6.07, 6.45) is 1.28. The zero-order valence-corrected chi connectivity index (χ0v) is 22.7. The molecule has 0 spiro atoms. The normalized spacial score (nSPS) is 12.8. The molecule has 2 atom stereocenters. The quantitative estimate of drug-likeness (QED) is 0.321. The van der Waals surface area contributed by atoms with Gasteiger partial charge in [-0.2, -0.15) is 0 Å². The van der Waals surface area contributed by atoms with Crippen LogP contribution in [0.2, 0.25) is 20.1 Å². The van der Waals surface area contributed by atoms with Gasteiger partial charge >= 0.3 is 0 Å². The van der Waals surface area contributed by atoms with E-state index in [-0.39, 0.29) is 30.2 Å². The predicted octanol–water partition coefficient (Wildman–Crippen LogP) is 7.26. The molecule has 33 heavy (non-hydrogen) atoms. The highest BCUT2D eigenvalue weighted by Gasteiger charge is 2.29. The summed E-state index contributed by atoms with van der Waals surface area (Å²) in [6.45, 7) is 6.05. The van der Waals surface area contributed by atoms with Crippen LogP contribution in [0.3, 0.4) is 0 Å². The van der Waals surface area contributed by atoms with E-state index in [1.165, 1.54) is 11.8 Å². The van der Waals surface area contributed by atoms with Crippen LogP contribution in [0.5, 0.6) is 0 Å². The molecule has 0 heterocycles. The summed E-state index contributed by atoms with van der Waals surface area (Å²) in [6, 6.07) is 9.85. The van der Waals surface area contributed by atoms with E-state index in [1.807, 2.05) is 26.8 Å². The number of hydrogen-bond acceptors (Lipinski definition) is 3. The summed E-state index contributed by atoms with van der Waals surface area (Å²) in [5, 5.41) is 5.09. The minimum atomic E-state index is -0.613. The Hall–Kier alpha value is -1.11. The molecule has 180 valence electrons. The molecule has 0 unspecified atom stereocenters. The van der Waals surface area contributed by atoms with Gasteiger partial charge < -0.3 is 10.2 Å². The molecule has 0 radical (unpaired) electrons. The fraction of sp³-hybridized carbons (Fsp3) is 0.417. The molecular formula is C24H28Cl4N2O2S. The van der Waals surface area contributed by atoms with Crippen LogP contribution < -0.4 is 5.32 Å². The lowest BCUT2D eigenvalue weighted by Gasteiger charge is -2.31. The third-order valence-electron chi connectivity index (χ3n) is 5.24. The van der Waals surface area contributed by atoms with E-state index in [2.05, 4.69) is 5.32 Å². The van der Waals surface area contributed by atoms with Gasteiger partial charge in [-0.3, -0.25) is 9.59 Å². The van der Waals surface area contributed by atoms with Gasteiger partial charge in [-0.25, -0.2) is 0 Å². The minimum Gasteiger partial charge on any atom is -0.352 e. The largest absolute Gasteiger partial charge is 0.352 e. The molecule has 2 aromatic rings. The second-order valence-corrected chi connectivity index (χ2v) is 10.4. The maximum Gasteiger partial charge on any atom is 0.243 e. The summed E-state index contributed by atoms with van der Waals surface area (Å²) < 4.78 is 0. The highest BCUT2D eigenvalue weighted by Crippen LogP contribution is 2.27. The second kappa shape index (κ2) is 13.7. The van der Waals surface area contributed by atoms with Crippen molar-refractivity contribution in [3.05, 3.63) is 67.6 Å². The molecule has 0 saturated carbocycles. The fourth-order valence-electron chi connectivity index (χ4n) is 3.16. The first-order valence-electron chi connectivity index (χ1n) is 10.7. The van der Waals surface area contributed by atoms with Crippen molar-refractivity contribution in [2.75, 3.05) is 5.75 Å². The maximum atomic E-state index is 13.3. The molecule has 2 amide bonds. The van der Waals surface area contributed by atoms with Gasteiger partial charge in [0.1, 0.15) is 6.04 Å². The summed E-state index contributed by atoms with van der Waals surface area (Å²) in [5.74, 6) is 0.419. The summed E-state index contributed by atoms with van der Waals surface area (Å²) >= 11 is 26.0. The van der Waals surface area contributed by atoms with Gasteiger partial charge in [0.25, 0.3) is 0 Å². The van der Waals surface area contributed by atoms with E-state index in [4.69, 9.17) is 46.4 Å². The number of rotatable bonds is 11. The number of benzene rings is 2. The molecule has 0 saturated heterocycles. The summed E-state index contributed by atoms with van der Waals surface area (Å²) in [5.41, 5.74) is 1.63. The Morgan fingerprint density at radius 3 is 2.03 bits per heavy atom. The number of carbonyl (C=O) groups is 2. The Kier molecular flexibility index (Phi) is 11.7. The van der Waals surface area contributed by atoms with Crippen LogP contribution in [0, 0.1) is 0 Å². The van der Waals surface area contributed by atoms with Gasteiger partial charge in [-0.05, 0) is 55.2 Å². The average molecular weight is 550 g/mol. The van der Waals surface area contributed by atoms with Crippen molar-refractivity contribution in [3.63, 3.8) is 0 Å². The Balaban J connectivity index is 2.20. The fourth-order valence-corrected chi connectivity index (χ4v) is 5.10. The van der Waals surface area contributed by atoms with Crippen LogP contribution in [-0.4, -0.2) is 34.6 Å². The molecule has 0 aromatic heterocycles. The summed E-state index contributed by atoms with van der Waals surface area (Å²) in [4.78, 5) is 27.9. The number of halogens is 4. The van der Waals surface area contributed by atoms with Gasteiger partial charge in [-0.1, -0.05) is 72.4 Å². The number of amides is 2. The smallest absolute Gasteiger partial charge is 0.243 e. The lowest BCUT2D eigenvalue weighted by atomic mass is 10.1. The zero-order chi connectivity index (χ0) is 24.5. The maximum absolute atomic E-state index is 13.3. The SMILES string of the molecule is CC[C@H](C(=O)N[C@@H](C)CC)N(Cc1ccc(Cl)cc1Cl)C(=O)CSCc1ccc(Cl)cc1Cl. The van der Waals surface area contributed by atoms with Gasteiger partial charge in [0.05, 0.1) is 5.75 Å². The molecule has 4 nitrogen and oxygen atoms in total. The van der Waals surface area contributed by atoms with Gasteiger partial charge in [-0.15, -0.1) is 11.8 Å². The van der Waals surface area contributed by atoms with Crippen molar-refractivity contribution >= 4 is 70.0 Å². The first-order valence-corrected chi connectivity index (χ1v) is 13.4. The molecule has 2 aromatic carbocycles. The number of carbonyl (C=O) groups excluding carboxylic acids is 2. The molecule has 0 aliphatic heterocycles. The first-order chi connectivity index (χ1) is 15.7. The lowest BCUT2D eigenvalue weighted by molar-refractivity contribution is -0.139. The van der Waals surface area contributed by atoms with Crippen molar-refractivity contribution in [1.29, 1.82) is 0 Å². The standard InChI is InChI=1S/C24H28Cl4N2O2S/c1-4-15(3)29-24(32)22(5-2)30(12-16-6-8-18(25)10-20(16)27)23(31)14-33-13-17-7-9-19(26)11-21(17)28/h6-11,15,22H,4-5,12-14H2,1-3H3,(H,29,32)/t15-,22+/m0/s1. The molecule has 1 N–H and O–H groups in total. The number of thioether (sulfide) groups is 1. The number of nitrogens with one attached hydrogen (secondary N) is 1. The van der Waals surface area contributed by atoms with Crippen LogP contribution in [-0.2, 0) is 21.9 Å². The van der Waals surface area contributed by atoms with E-state index >= 15 is 0 Å². The molecular weight excluding hydrogens is 522 g/mol. The van der Waals surface area contributed by atoms with Crippen molar-refractivity contribution in [1.82, 2.24) is 10.2 Å². The summed E-state index contributed by atoms with van der Waals surface area (Å²) in [7, 11) is 0. The molecule has 2 rings (SSSR count). The first kappa shape index (κ1) is 28.1. The highest BCUT2D eigenvalue weighted by molar-refractivity contribution is 7.99. The second-order valence-electron chi connectivity index (χ2n) is 7.73. The molecule has 0 aliphatic carbocycles. The Morgan fingerprint density at radius 2 is 1.52 bits per heavy atom. The predicted molar refractivity (Wildman–Crippen MR) is 142 cm³/mol. The van der Waals surface area contributed by atoms with Crippen LogP contribution in [0.4, 0.5) is 0 Å². The van der Waals surface area contributed by atoms with Crippen LogP contribution in [0.25, 0.3) is 0 Å². The average Bonchev–Trinajstić information content (AvgIpc) is 2.76. The topological polar surface area (TPSA) is 49.4 Å². The van der Waals surface area contributed by atoms with E-state index < -0.39 is 6.04 Å². The minimum absolute atomic E-state index is 0.0176. The lowest BCUT2D eigenvalue weighted by Crippen LogP contribution is -2.51. The highest BCUT2D eigenvalue weighted by atomic mass is 35.5. The number of hydrogen-bond donors (Lipinski definition) is 1. The van der Waals surface area contributed by atoms with E-state index in [0.29, 0.717) is 32.3 Å². The molecule has 9 heteroatoms. The Labute approximate surface area is 220 Å². The number of nitrogens with zero attached hydrogens (tertiary/aromatic N) is 1. The van der Waals surface area contributed by atoms with Gasteiger partial charge in [0.2, 0.25) is 11.8 Å². The third kappa shape index (κ3) is 8.56. The van der Waals surface area contributed by atoms with Crippen molar-refractivity contribution < 1.29 is 9.59 Å². The van der Waals surface area contributed by atoms with E-state index in [0.717, 1.165) is 17.5 Å². The van der Waals surface area contributed by atoms with E-state index in [1.54, 1.807) is 35.2 Å². The molecule has 0 aliphatic rings. The van der Waals surface area contributed by atoms with Crippen LogP contribution in [0.1, 0.15) is 44.7 Å².